The van der Waals surface area contributed by atoms with E-state index in [0.29, 0.717) is 24.2 Å². The Hall–Kier alpha value is -5.14. The maximum Gasteiger partial charge on any atom is 0.191 e. The highest BCUT2D eigenvalue weighted by Crippen LogP contribution is 2.27. The van der Waals surface area contributed by atoms with Crippen LogP contribution in [0.5, 0.6) is 0 Å². The van der Waals surface area contributed by atoms with E-state index in [1.807, 2.05) is 33.9 Å². The van der Waals surface area contributed by atoms with Gasteiger partial charge in [0.25, 0.3) is 0 Å². The van der Waals surface area contributed by atoms with Crippen LogP contribution in [-0.4, -0.2) is 89.1 Å². The Morgan fingerprint density at radius 1 is 0.519 bits per heavy atom. The number of fused-ring (bicyclic) bond motifs is 3. The first kappa shape index (κ1) is 38.1. The zero-order chi connectivity index (χ0) is 37.0. The predicted octanol–water partition coefficient (Wildman–Crippen LogP) is 5.56. The highest BCUT2D eigenvalue weighted by molar-refractivity contribution is 6.04. The Morgan fingerprint density at radius 2 is 0.885 bits per heavy atom. The Bertz CT molecular complexity index is 1770. The van der Waals surface area contributed by atoms with Crippen LogP contribution in [0, 0.1) is 0 Å². The lowest BCUT2D eigenvalue weighted by Gasteiger charge is -2.17. The molecule has 0 spiro atoms. The summed E-state index contributed by atoms with van der Waals surface area (Å²) in [5, 5.41) is 33.2. The summed E-state index contributed by atoms with van der Waals surface area (Å²) < 4.78 is 3.76. The maximum atomic E-state index is 5.03. The van der Waals surface area contributed by atoms with E-state index in [-0.39, 0.29) is 0 Å². The number of aromatic nitrogens is 8. The molecule has 0 saturated heterocycles. The average molecular weight is 709 g/mol. The molecule has 4 N–H and O–H groups in total. The van der Waals surface area contributed by atoms with E-state index < -0.39 is 0 Å². The van der Waals surface area contributed by atoms with E-state index in [0.717, 1.165) is 108 Å². The molecule has 0 aliphatic rings. The lowest BCUT2D eigenvalue weighted by Crippen LogP contribution is -2.44. The number of hydrogen-bond acceptors (Lipinski definition) is 8. The predicted molar refractivity (Wildman–Crippen MR) is 211 cm³/mol. The van der Waals surface area contributed by atoms with Crippen molar-refractivity contribution >= 4 is 33.7 Å². The highest BCUT2D eigenvalue weighted by Gasteiger charge is 2.13. The molecular formula is C38H56N14. The van der Waals surface area contributed by atoms with Gasteiger partial charge in [-0.1, -0.05) is 34.7 Å². The summed E-state index contributed by atoms with van der Waals surface area (Å²) >= 11 is 0. The van der Waals surface area contributed by atoms with Gasteiger partial charge in [0.05, 0.1) is 34.8 Å². The van der Waals surface area contributed by atoms with Gasteiger partial charge in [0, 0.05) is 61.1 Å². The van der Waals surface area contributed by atoms with Crippen LogP contribution in [0.3, 0.4) is 0 Å². The lowest BCUT2D eigenvalue weighted by molar-refractivity contribution is 0.543. The van der Waals surface area contributed by atoms with Crippen molar-refractivity contribution in [1.29, 1.82) is 0 Å². The van der Waals surface area contributed by atoms with Gasteiger partial charge in [0.1, 0.15) is 11.4 Å². The molecule has 5 rings (SSSR count). The summed E-state index contributed by atoms with van der Waals surface area (Å²) in [5.74, 6) is 1.71. The zero-order valence-corrected chi connectivity index (χ0v) is 32.1. The third kappa shape index (κ3) is 11.2. The number of benzene rings is 1. The smallest absolute Gasteiger partial charge is 0.191 e. The van der Waals surface area contributed by atoms with Gasteiger partial charge in [-0.2, -0.15) is 0 Å². The van der Waals surface area contributed by atoms with Crippen molar-refractivity contribution in [1.82, 2.24) is 61.2 Å². The quantitative estimate of drug-likeness (QED) is 0.0442. The van der Waals surface area contributed by atoms with Crippen LogP contribution in [0.1, 0.15) is 81.1 Å². The van der Waals surface area contributed by atoms with Crippen LogP contribution in [0.25, 0.3) is 44.6 Å². The van der Waals surface area contributed by atoms with E-state index >= 15 is 0 Å². The molecule has 14 nitrogen and oxygen atoms in total. The molecule has 0 bridgehead atoms. The number of hydrogen-bond donors (Lipinski definition) is 4. The van der Waals surface area contributed by atoms with Crippen molar-refractivity contribution < 1.29 is 0 Å². The molecule has 0 aliphatic heterocycles. The van der Waals surface area contributed by atoms with Crippen molar-refractivity contribution in [2.75, 3.05) is 13.1 Å². The molecule has 14 heteroatoms. The van der Waals surface area contributed by atoms with Gasteiger partial charge < -0.3 is 21.3 Å². The molecule has 0 fully saturated rings. The summed E-state index contributed by atoms with van der Waals surface area (Å²) in [6.45, 7) is 19.9. The van der Waals surface area contributed by atoms with Crippen LogP contribution < -0.4 is 21.3 Å². The first-order valence-electron chi connectivity index (χ1n) is 18.7. The largest absolute Gasteiger partial charge is 0.354 e. The summed E-state index contributed by atoms with van der Waals surface area (Å²) in [7, 11) is 0. The Labute approximate surface area is 307 Å². The Kier molecular flexibility index (Phi) is 13.5. The molecule has 4 heterocycles. The molecule has 1 aromatic carbocycles. The van der Waals surface area contributed by atoms with Crippen molar-refractivity contribution in [3.63, 3.8) is 0 Å². The summed E-state index contributed by atoms with van der Waals surface area (Å²) in [5.41, 5.74) is 4.61. The number of nitrogens with one attached hydrogen (secondary N) is 4. The minimum atomic E-state index is 0.325. The fraction of sp³-hybridized carbons (Fsp3) is 0.526. The Balaban J connectivity index is 1.21. The second-order valence-electron chi connectivity index (χ2n) is 14.4. The molecule has 278 valence electrons. The van der Waals surface area contributed by atoms with Crippen LogP contribution in [0.15, 0.2) is 58.8 Å². The monoisotopic (exact) mass is 708 g/mol. The average Bonchev–Trinajstić information content (AvgIpc) is 3.77. The SMILES string of the molecule is CC(C)NC(=NCCCCn1cc(-c2ccc3ccc4ccc(-c5cn(CCCCN=C(NC(C)C)NC(C)C)nn5)nc4c3n2)nn1)NC(C)C. The topological polar surface area (TPSA) is 160 Å². The number of aliphatic imine (C=N–C) groups is 2. The lowest BCUT2D eigenvalue weighted by atomic mass is 10.1. The number of guanidine groups is 2. The number of rotatable bonds is 16. The summed E-state index contributed by atoms with van der Waals surface area (Å²) in [6.07, 6.45) is 7.70. The normalized spacial score (nSPS) is 11.6. The molecule has 0 unspecified atom stereocenters. The number of pyridine rings is 2. The van der Waals surface area contributed by atoms with Gasteiger partial charge in [-0.05, 0) is 93.2 Å². The molecule has 0 radical (unpaired) electrons. The molecule has 4 aromatic heterocycles. The second kappa shape index (κ2) is 18.4. The van der Waals surface area contributed by atoms with E-state index in [2.05, 4.69) is 122 Å². The van der Waals surface area contributed by atoms with Gasteiger partial charge in [0.15, 0.2) is 11.9 Å². The van der Waals surface area contributed by atoms with Crippen LogP contribution in [-0.2, 0) is 13.1 Å². The second-order valence-corrected chi connectivity index (χ2v) is 14.4. The maximum absolute atomic E-state index is 5.03. The molecule has 0 saturated carbocycles. The van der Waals surface area contributed by atoms with Gasteiger partial charge >= 0.3 is 0 Å². The van der Waals surface area contributed by atoms with Crippen molar-refractivity contribution in [2.45, 2.75) is 118 Å². The zero-order valence-electron chi connectivity index (χ0n) is 32.1. The summed E-state index contributed by atoms with van der Waals surface area (Å²) in [6, 6.07) is 13.6. The molecule has 0 atom stereocenters. The molecule has 0 amide bonds. The third-order valence-corrected chi connectivity index (χ3v) is 7.95. The summed E-state index contributed by atoms with van der Waals surface area (Å²) in [4.78, 5) is 19.5. The number of aryl methyl sites for hydroxylation is 2. The van der Waals surface area contributed by atoms with E-state index in [1.54, 1.807) is 0 Å². The van der Waals surface area contributed by atoms with Crippen LogP contribution >= 0.6 is 0 Å². The van der Waals surface area contributed by atoms with Gasteiger partial charge in [0.2, 0.25) is 0 Å². The van der Waals surface area contributed by atoms with Crippen LogP contribution in [0.2, 0.25) is 0 Å². The highest BCUT2D eigenvalue weighted by atomic mass is 15.4. The fourth-order valence-corrected chi connectivity index (χ4v) is 5.62. The minimum absolute atomic E-state index is 0.325. The van der Waals surface area contributed by atoms with Gasteiger partial charge in [-0.3, -0.25) is 19.3 Å². The van der Waals surface area contributed by atoms with Crippen molar-refractivity contribution in [3.05, 3.63) is 48.8 Å². The molecule has 5 aromatic rings. The molecular weight excluding hydrogens is 653 g/mol. The first-order chi connectivity index (χ1) is 25.0. The van der Waals surface area contributed by atoms with E-state index in [9.17, 15) is 0 Å². The van der Waals surface area contributed by atoms with Crippen molar-refractivity contribution in [2.24, 2.45) is 9.98 Å². The minimum Gasteiger partial charge on any atom is -0.354 e. The van der Waals surface area contributed by atoms with E-state index in [4.69, 9.17) is 20.0 Å². The fourth-order valence-electron chi connectivity index (χ4n) is 5.62. The van der Waals surface area contributed by atoms with Gasteiger partial charge in [-0.15, -0.1) is 10.2 Å². The third-order valence-electron chi connectivity index (χ3n) is 7.95. The standard InChI is InChI=1S/C38H56N14/c1-25(2)41-37(42-26(3)4)39-19-9-11-21-51-23-33(47-49-51)31-17-15-29-13-14-30-16-18-32(46-36(30)35(29)45-31)34-24-52(50-48-34)22-12-10-20-40-38(43-27(5)6)44-28(7)8/h13-18,23-28H,9-12,19-22H2,1-8H3,(H2,39,41,42)(H2,40,43,44). The van der Waals surface area contributed by atoms with Crippen molar-refractivity contribution in [3.8, 4) is 22.8 Å². The number of nitrogens with zero attached hydrogens (tertiary/aromatic N) is 10. The van der Waals surface area contributed by atoms with Crippen LogP contribution in [0.4, 0.5) is 0 Å². The number of unbranched alkanes of at least 4 members (excludes halogenated alkanes) is 2. The van der Waals surface area contributed by atoms with E-state index in [1.165, 1.54) is 0 Å². The molecule has 0 aliphatic carbocycles. The first-order valence-corrected chi connectivity index (χ1v) is 18.7. The molecule has 52 heavy (non-hydrogen) atoms. The Morgan fingerprint density at radius 3 is 1.25 bits per heavy atom. The van der Waals surface area contributed by atoms with Gasteiger partial charge in [-0.25, -0.2) is 9.97 Å².